The van der Waals surface area contributed by atoms with Crippen LogP contribution in [-0.4, -0.2) is 14.7 Å². The summed E-state index contributed by atoms with van der Waals surface area (Å²) < 4.78 is 27.2. The van der Waals surface area contributed by atoms with E-state index in [2.05, 4.69) is 8.94 Å². The van der Waals surface area contributed by atoms with Gasteiger partial charge in [-0.3, -0.25) is 0 Å². The highest BCUT2D eigenvalue weighted by Gasteiger charge is 2.32. The van der Waals surface area contributed by atoms with Crippen LogP contribution < -0.4 is 5.48 Å². The monoisotopic (exact) mass is 218 g/mol. The number of nitrogens with one attached hydrogen (secondary N) is 1. The topological polar surface area (TPSA) is 149 Å². The number of hydrogen-bond donors (Lipinski definition) is 4. The lowest BCUT2D eigenvalue weighted by Crippen LogP contribution is -2.05. The zero-order valence-corrected chi connectivity index (χ0v) is 7.11. The third-order valence-corrected chi connectivity index (χ3v) is 2.41. The third kappa shape index (κ3) is 6.27. The predicted molar refractivity (Wildman–Crippen MR) is 32.8 cm³/mol. The van der Waals surface area contributed by atoms with E-state index in [0.29, 0.717) is 0 Å². The molecule has 12 heavy (non-hydrogen) atoms. The highest BCUT2D eigenvalue weighted by molar-refractivity contribution is 7.60. The van der Waals surface area contributed by atoms with Gasteiger partial charge < -0.3 is 14.7 Å². The maximum Gasteiger partial charge on any atom is 0.503 e. The van der Waals surface area contributed by atoms with Crippen LogP contribution in [0.4, 0.5) is 0 Å². The quantitative estimate of drug-likeness (QED) is 0.205. The van der Waals surface area contributed by atoms with Crippen LogP contribution in [0.15, 0.2) is 0 Å². The Labute approximate surface area is 66.3 Å². The molecule has 0 rings (SSSR count). The van der Waals surface area contributed by atoms with Crippen molar-refractivity contribution in [3.05, 3.63) is 0 Å². The molecule has 0 aliphatic rings. The van der Waals surface area contributed by atoms with Gasteiger partial charge in [-0.1, -0.05) is 0 Å². The van der Waals surface area contributed by atoms with Crippen LogP contribution in [0.5, 0.6) is 0 Å². The molecule has 0 amide bonds. The molecule has 0 spiro atoms. The number of hydroxylamine groups is 1. The Kier molecular flexibility index (Phi) is 3.83. The molecule has 0 aromatic heterocycles. The maximum atomic E-state index is 10.4. The van der Waals surface area contributed by atoms with E-state index in [9.17, 15) is 9.13 Å². The minimum Gasteiger partial charge on any atom is -0.302 e. The van der Waals surface area contributed by atoms with Crippen LogP contribution in [0.3, 0.4) is 0 Å². The molecule has 0 heterocycles. The van der Waals surface area contributed by atoms with Crippen LogP contribution in [0.2, 0.25) is 0 Å². The summed E-state index contributed by atoms with van der Waals surface area (Å²) in [5, 5.41) is 7.76. The molecule has 0 aromatic rings. The lowest BCUT2D eigenvalue weighted by Gasteiger charge is -2.09. The van der Waals surface area contributed by atoms with E-state index in [1.165, 1.54) is 5.48 Å². The fourth-order valence-corrected chi connectivity index (χ4v) is 1.59. The van der Waals surface area contributed by atoms with Crippen molar-refractivity contribution >= 4 is 15.6 Å². The van der Waals surface area contributed by atoms with E-state index >= 15 is 0 Å². The van der Waals surface area contributed by atoms with E-state index in [1.54, 1.807) is 0 Å². The Hall–Kier alpha value is -0.450. The highest BCUT2D eigenvalue weighted by Crippen LogP contribution is 2.56. The summed E-state index contributed by atoms with van der Waals surface area (Å²) in [5.41, 5.74) is 1.24. The molecule has 4 N–H and O–H groups in total. The van der Waals surface area contributed by atoms with Crippen molar-refractivity contribution in [1.29, 1.82) is 5.26 Å². The summed E-state index contributed by atoms with van der Waals surface area (Å²) in [4.78, 5) is 24.4. The first-order valence-corrected chi connectivity index (χ1v) is 5.22. The molecule has 0 radical (unpaired) electrons. The van der Waals surface area contributed by atoms with Gasteiger partial charge in [-0.25, -0.2) is 9.13 Å². The first-order valence-electron chi connectivity index (χ1n) is 2.19. The normalized spacial score (nSPS) is 16.2. The Bertz CT molecular complexity index is 274. The zero-order chi connectivity index (χ0) is 9.83. The second-order valence-corrected chi connectivity index (χ2v) is 4.10. The van der Waals surface area contributed by atoms with Crippen molar-refractivity contribution in [1.82, 2.24) is 5.48 Å². The highest BCUT2D eigenvalue weighted by atomic mass is 31.3. The van der Waals surface area contributed by atoms with Crippen molar-refractivity contribution in [2.24, 2.45) is 0 Å². The Morgan fingerprint density at radius 3 is 2.17 bits per heavy atom. The molecule has 0 saturated carbocycles. The van der Waals surface area contributed by atoms with Gasteiger partial charge in [0.25, 0.3) is 0 Å². The number of rotatable bonds is 4. The molecule has 9 nitrogen and oxygen atoms in total. The van der Waals surface area contributed by atoms with Gasteiger partial charge >= 0.3 is 15.6 Å². The van der Waals surface area contributed by atoms with Crippen LogP contribution in [0.25, 0.3) is 0 Å². The lowest BCUT2D eigenvalue weighted by atomic mass is 11.5. The number of nitrogens with zero attached hydrogens (tertiary/aromatic N) is 1. The van der Waals surface area contributed by atoms with Crippen molar-refractivity contribution in [2.45, 2.75) is 0 Å². The minimum absolute atomic E-state index is 1.07. The largest absolute Gasteiger partial charge is 0.503 e. The molecule has 0 bridgehead atoms. The molecule has 70 valence electrons. The second kappa shape index (κ2) is 3.98. The SMILES string of the molecule is N#CNOP(=O)(O)OP(=O)(O)O. The predicted octanol–water partition coefficient (Wildman–Crippen LogP) is -0.802. The summed E-state index contributed by atoms with van der Waals surface area (Å²) in [6, 6.07) is 0. The smallest absolute Gasteiger partial charge is 0.302 e. The van der Waals surface area contributed by atoms with Crippen LogP contribution >= 0.6 is 15.6 Å². The van der Waals surface area contributed by atoms with E-state index in [-0.39, 0.29) is 0 Å². The number of hydrogen-bond acceptors (Lipinski definition) is 6. The standard InChI is InChI=1S/CH4N2O7P2/c2-1-3-9-12(7,8)10-11(4,5)6/h3H,(H,7,8)(H2,4,5,6). The number of nitriles is 1. The maximum absolute atomic E-state index is 10.4. The fourth-order valence-electron chi connectivity index (χ4n) is 0.229. The van der Waals surface area contributed by atoms with Crippen LogP contribution in [0.1, 0.15) is 0 Å². The molecule has 0 aromatic carbocycles. The lowest BCUT2D eigenvalue weighted by molar-refractivity contribution is 0.146. The Morgan fingerprint density at radius 1 is 1.33 bits per heavy atom. The van der Waals surface area contributed by atoms with Gasteiger partial charge in [0.15, 0.2) is 0 Å². The van der Waals surface area contributed by atoms with Gasteiger partial charge in [0.1, 0.15) is 0 Å². The van der Waals surface area contributed by atoms with E-state index in [0.717, 1.165) is 6.19 Å². The molecular formula is CH4N2O7P2. The molecular weight excluding hydrogens is 214 g/mol. The second-order valence-electron chi connectivity index (χ2n) is 1.35. The van der Waals surface area contributed by atoms with Crippen molar-refractivity contribution in [2.75, 3.05) is 0 Å². The van der Waals surface area contributed by atoms with E-state index < -0.39 is 15.6 Å². The van der Waals surface area contributed by atoms with Gasteiger partial charge in [0.2, 0.25) is 6.19 Å². The van der Waals surface area contributed by atoms with Gasteiger partial charge in [-0.05, 0) is 0 Å². The van der Waals surface area contributed by atoms with Gasteiger partial charge in [0, 0.05) is 0 Å². The van der Waals surface area contributed by atoms with Crippen molar-refractivity contribution < 1.29 is 32.7 Å². The molecule has 0 aliphatic carbocycles. The average molecular weight is 218 g/mol. The summed E-state index contributed by atoms with van der Waals surface area (Å²) in [5.74, 6) is 0. The summed E-state index contributed by atoms with van der Waals surface area (Å²) in [6.07, 6.45) is 1.07. The summed E-state index contributed by atoms with van der Waals surface area (Å²) in [7, 11) is -10.0. The van der Waals surface area contributed by atoms with Crippen molar-refractivity contribution in [3.8, 4) is 6.19 Å². The molecule has 0 saturated heterocycles. The summed E-state index contributed by atoms with van der Waals surface area (Å²) >= 11 is 0. The summed E-state index contributed by atoms with van der Waals surface area (Å²) in [6.45, 7) is 0. The van der Waals surface area contributed by atoms with Crippen LogP contribution in [-0.2, 0) is 18.1 Å². The molecule has 1 unspecified atom stereocenters. The Morgan fingerprint density at radius 2 is 1.83 bits per heavy atom. The molecule has 11 heteroatoms. The first-order chi connectivity index (χ1) is 5.27. The Balaban J connectivity index is 4.17. The van der Waals surface area contributed by atoms with E-state index in [1.807, 2.05) is 0 Å². The molecule has 0 fully saturated rings. The van der Waals surface area contributed by atoms with E-state index in [4.69, 9.17) is 19.9 Å². The minimum atomic E-state index is -5.11. The molecule has 1 atom stereocenters. The average Bonchev–Trinajstić information content (AvgIpc) is 1.78. The van der Waals surface area contributed by atoms with Gasteiger partial charge in [-0.15, -0.1) is 0 Å². The van der Waals surface area contributed by atoms with Crippen LogP contribution in [0, 0.1) is 11.5 Å². The van der Waals surface area contributed by atoms with Gasteiger partial charge in [-0.2, -0.15) is 19.7 Å². The van der Waals surface area contributed by atoms with Gasteiger partial charge in [0.05, 0.1) is 0 Å². The first kappa shape index (κ1) is 11.6. The molecule has 0 aliphatic heterocycles. The van der Waals surface area contributed by atoms with Crippen molar-refractivity contribution in [3.63, 3.8) is 0 Å². The zero-order valence-electron chi connectivity index (χ0n) is 5.32. The fraction of sp³-hybridized carbons (Fsp3) is 0. The third-order valence-electron chi connectivity index (χ3n) is 0.416. The number of phosphoric acid groups is 2.